The lowest BCUT2D eigenvalue weighted by atomic mass is 10.2. The standard InChI is InChI=1S/C14H12N8O/c15-10-3-1-2-9(6-10)13-18-8-12(21-22-13)20-14(23)19-11-7-16-4-5-17-11/h1-8H,15H2,(H2,17,19,20,21,23). The molecule has 0 aliphatic heterocycles. The molecule has 0 atom stereocenters. The number of benzene rings is 1. The molecule has 0 spiro atoms. The Morgan fingerprint density at radius 3 is 2.57 bits per heavy atom. The van der Waals surface area contributed by atoms with Crippen LogP contribution in [0.4, 0.5) is 22.1 Å². The number of urea groups is 1. The van der Waals surface area contributed by atoms with Crippen molar-refractivity contribution in [1.82, 2.24) is 25.1 Å². The Kier molecular flexibility index (Phi) is 4.01. The van der Waals surface area contributed by atoms with Crippen LogP contribution in [0.5, 0.6) is 0 Å². The quantitative estimate of drug-likeness (QED) is 0.625. The van der Waals surface area contributed by atoms with Crippen molar-refractivity contribution in [3.8, 4) is 11.4 Å². The summed E-state index contributed by atoms with van der Waals surface area (Å²) in [5.41, 5.74) is 7.06. The zero-order valence-corrected chi connectivity index (χ0v) is 11.8. The van der Waals surface area contributed by atoms with Gasteiger partial charge in [0.2, 0.25) is 0 Å². The predicted molar refractivity (Wildman–Crippen MR) is 84.3 cm³/mol. The average Bonchev–Trinajstić information content (AvgIpc) is 2.56. The molecule has 0 saturated heterocycles. The van der Waals surface area contributed by atoms with Crippen LogP contribution in [0.1, 0.15) is 0 Å². The van der Waals surface area contributed by atoms with Crippen LogP contribution < -0.4 is 16.4 Å². The molecule has 9 heteroatoms. The number of rotatable bonds is 3. The third-order valence-corrected chi connectivity index (χ3v) is 2.75. The minimum absolute atomic E-state index is 0.207. The van der Waals surface area contributed by atoms with Gasteiger partial charge in [-0.15, -0.1) is 10.2 Å². The molecule has 2 aromatic heterocycles. The van der Waals surface area contributed by atoms with Crippen LogP contribution in [-0.2, 0) is 0 Å². The van der Waals surface area contributed by atoms with Crippen LogP contribution in [0.25, 0.3) is 11.4 Å². The Hall–Kier alpha value is -3.62. The van der Waals surface area contributed by atoms with E-state index in [0.29, 0.717) is 17.3 Å². The number of nitrogens with one attached hydrogen (secondary N) is 2. The van der Waals surface area contributed by atoms with Crippen molar-refractivity contribution in [2.24, 2.45) is 0 Å². The molecule has 23 heavy (non-hydrogen) atoms. The Morgan fingerprint density at radius 2 is 1.87 bits per heavy atom. The molecule has 3 aromatic rings. The first-order valence-electron chi connectivity index (χ1n) is 6.60. The van der Waals surface area contributed by atoms with E-state index in [1.165, 1.54) is 24.8 Å². The van der Waals surface area contributed by atoms with Crippen molar-refractivity contribution in [3.05, 3.63) is 49.1 Å². The Bertz CT molecular complexity index is 807. The molecule has 0 unspecified atom stereocenters. The van der Waals surface area contributed by atoms with Gasteiger partial charge < -0.3 is 5.73 Å². The van der Waals surface area contributed by atoms with Crippen molar-refractivity contribution in [2.75, 3.05) is 16.4 Å². The van der Waals surface area contributed by atoms with Crippen molar-refractivity contribution < 1.29 is 4.79 Å². The second-order valence-electron chi connectivity index (χ2n) is 4.46. The van der Waals surface area contributed by atoms with Gasteiger partial charge in [0, 0.05) is 23.6 Å². The normalized spacial score (nSPS) is 10.1. The van der Waals surface area contributed by atoms with E-state index in [1.807, 2.05) is 6.07 Å². The minimum atomic E-state index is -0.515. The Labute approximate surface area is 131 Å². The highest BCUT2D eigenvalue weighted by Gasteiger charge is 2.07. The first kappa shape index (κ1) is 14.3. The molecule has 0 aliphatic carbocycles. The number of nitrogen functional groups attached to an aromatic ring is 1. The van der Waals surface area contributed by atoms with Crippen molar-refractivity contribution >= 4 is 23.4 Å². The first-order chi connectivity index (χ1) is 11.2. The van der Waals surface area contributed by atoms with E-state index in [0.717, 1.165) is 5.56 Å². The number of nitrogens with zero attached hydrogens (tertiary/aromatic N) is 5. The predicted octanol–water partition coefficient (Wildman–Crippen LogP) is 1.55. The summed E-state index contributed by atoms with van der Waals surface area (Å²) in [5, 5.41) is 12.9. The number of amides is 2. The number of carbonyl (C=O) groups excluding carboxylic acids is 1. The van der Waals surface area contributed by atoms with E-state index in [2.05, 4.69) is 35.8 Å². The third kappa shape index (κ3) is 3.73. The summed E-state index contributed by atoms with van der Waals surface area (Å²) >= 11 is 0. The van der Waals surface area contributed by atoms with Crippen LogP contribution in [0.2, 0.25) is 0 Å². The summed E-state index contributed by atoms with van der Waals surface area (Å²) in [6.45, 7) is 0. The maximum absolute atomic E-state index is 11.8. The molecule has 2 heterocycles. The third-order valence-electron chi connectivity index (χ3n) is 2.75. The lowest BCUT2D eigenvalue weighted by molar-refractivity contribution is 0.262. The molecule has 0 fully saturated rings. The Balaban J connectivity index is 1.67. The fourth-order valence-corrected chi connectivity index (χ4v) is 1.77. The molecule has 4 N–H and O–H groups in total. The summed E-state index contributed by atoms with van der Waals surface area (Å²) in [5.74, 6) is 0.943. The maximum atomic E-state index is 11.8. The van der Waals surface area contributed by atoms with Crippen LogP contribution in [0, 0.1) is 0 Å². The molecule has 2 amide bonds. The SMILES string of the molecule is Nc1cccc(-c2ncc(NC(=O)Nc3cnccn3)nn2)c1. The summed E-state index contributed by atoms with van der Waals surface area (Å²) in [7, 11) is 0. The highest BCUT2D eigenvalue weighted by atomic mass is 16.2. The van der Waals surface area contributed by atoms with E-state index < -0.39 is 6.03 Å². The molecule has 0 aliphatic rings. The smallest absolute Gasteiger partial charge is 0.326 e. The molecule has 0 radical (unpaired) electrons. The number of nitrogens with two attached hydrogens (primary N) is 1. The molecule has 0 saturated carbocycles. The van der Waals surface area contributed by atoms with Crippen LogP contribution in [0.15, 0.2) is 49.1 Å². The van der Waals surface area contributed by atoms with Crippen molar-refractivity contribution in [1.29, 1.82) is 0 Å². The van der Waals surface area contributed by atoms with Gasteiger partial charge >= 0.3 is 6.03 Å². The van der Waals surface area contributed by atoms with Crippen LogP contribution in [-0.4, -0.2) is 31.2 Å². The second-order valence-corrected chi connectivity index (χ2v) is 4.46. The fraction of sp³-hybridized carbons (Fsp3) is 0. The van der Waals surface area contributed by atoms with E-state index in [-0.39, 0.29) is 5.82 Å². The van der Waals surface area contributed by atoms with Crippen molar-refractivity contribution in [3.63, 3.8) is 0 Å². The van der Waals surface area contributed by atoms with E-state index >= 15 is 0 Å². The van der Waals surface area contributed by atoms with Gasteiger partial charge in [0.15, 0.2) is 17.5 Å². The zero-order valence-electron chi connectivity index (χ0n) is 11.8. The highest BCUT2D eigenvalue weighted by molar-refractivity contribution is 5.98. The van der Waals surface area contributed by atoms with Gasteiger partial charge in [-0.05, 0) is 12.1 Å². The van der Waals surface area contributed by atoms with Gasteiger partial charge in [-0.2, -0.15) is 0 Å². The molecule has 3 rings (SSSR count). The van der Waals surface area contributed by atoms with Crippen LogP contribution in [0.3, 0.4) is 0 Å². The molecule has 114 valence electrons. The lowest BCUT2D eigenvalue weighted by Gasteiger charge is -2.05. The monoisotopic (exact) mass is 308 g/mol. The summed E-state index contributed by atoms with van der Waals surface area (Å²) in [6.07, 6.45) is 5.80. The number of hydrogen-bond donors (Lipinski definition) is 3. The number of aromatic nitrogens is 5. The molecule has 0 bridgehead atoms. The van der Waals surface area contributed by atoms with Gasteiger partial charge in [0.25, 0.3) is 0 Å². The minimum Gasteiger partial charge on any atom is -0.399 e. The van der Waals surface area contributed by atoms with Gasteiger partial charge in [-0.1, -0.05) is 12.1 Å². The number of carbonyl (C=O) groups is 1. The lowest BCUT2D eigenvalue weighted by Crippen LogP contribution is -2.21. The number of anilines is 3. The van der Waals surface area contributed by atoms with Gasteiger partial charge in [0.05, 0.1) is 12.4 Å². The van der Waals surface area contributed by atoms with Crippen LogP contribution >= 0.6 is 0 Å². The molecular formula is C14H12N8O. The first-order valence-corrected chi connectivity index (χ1v) is 6.60. The molecule has 1 aromatic carbocycles. The summed E-state index contributed by atoms with van der Waals surface area (Å²) in [6, 6.07) is 6.61. The second kappa shape index (κ2) is 6.43. The summed E-state index contributed by atoms with van der Waals surface area (Å²) < 4.78 is 0. The zero-order chi connectivity index (χ0) is 16.1. The van der Waals surface area contributed by atoms with E-state index in [9.17, 15) is 4.79 Å². The average molecular weight is 308 g/mol. The highest BCUT2D eigenvalue weighted by Crippen LogP contribution is 2.17. The van der Waals surface area contributed by atoms with E-state index in [4.69, 9.17) is 5.73 Å². The topological polar surface area (TPSA) is 132 Å². The van der Waals surface area contributed by atoms with E-state index in [1.54, 1.807) is 18.2 Å². The Morgan fingerprint density at radius 1 is 1.00 bits per heavy atom. The van der Waals surface area contributed by atoms with Gasteiger partial charge in [-0.3, -0.25) is 15.6 Å². The van der Waals surface area contributed by atoms with Gasteiger partial charge in [-0.25, -0.2) is 14.8 Å². The van der Waals surface area contributed by atoms with Crippen molar-refractivity contribution in [2.45, 2.75) is 0 Å². The van der Waals surface area contributed by atoms with Gasteiger partial charge in [0.1, 0.15) is 0 Å². The fourth-order valence-electron chi connectivity index (χ4n) is 1.77. The molecular weight excluding hydrogens is 296 g/mol. The largest absolute Gasteiger partial charge is 0.399 e. The molecule has 9 nitrogen and oxygen atoms in total. The maximum Gasteiger partial charge on any atom is 0.326 e. The summed E-state index contributed by atoms with van der Waals surface area (Å²) in [4.78, 5) is 23.7. The number of hydrogen-bond acceptors (Lipinski definition) is 7.